The topological polar surface area (TPSA) is 110 Å². The number of rotatable bonds is 8. The maximum absolute atomic E-state index is 11.7. The second kappa shape index (κ2) is 8.32. The molecule has 2 rings (SSSR count). The van der Waals surface area contributed by atoms with Gasteiger partial charge in [-0.1, -0.05) is 11.8 Å². The smallest absolute Gasteiger partial charge is 0.305 e. The van der Waals surface area contributed by atoms with E-state index in [4.69, 9.17) is 4.74 Å². The number of hydrogen-bond acceptors (Lipinski definition) is 7. The van der Waals surface area contributed by atoms with Crippen molar-refractivity contribution in [1.82, 2.24) is 25.3 Å². The molecule has 2 heterocycles. The van der Waals surface area contributed by atoms with Crippen molar-refractivity contribution in [2.45, 2.75) is 24.8 Å². The maximum atomic E-state index is 11.7. The highest BCUT2D eigenvalue weighted by molar-refractivity contribution is 8.00. The molecule has 0 spiro atoms. The van der Waals surface area contributed by atoms with Crippen LogP contribution in [0.4, 0.5) is 0 Å². The van der Waals surface area contributed by atoms with Gasteiger partial charge in [-0.3, -0.25) is 9.59 Å². The lowest BCUT2D eigenvalue weighted by Gasteiger charge is -2.05. The molecule has 0 aliphatic rings. The summed E-state index contributed by atoms with van der Waals surface area (Å²) in [7, 11) is 0. The highest BCUT2D eigenvalue weighted by Crippen LogP contribution is 2.21. The molecular weight excluding hydrogens is 306 g/mol. The molecule has 0 aliphatic heterocycles. The molecule has 0 fully saturated rings. The third-order valence-electron chi connectivity index (χ3n) is 2.71. The predicted molar refractivity (Wildman–Crippen MR) is 81.3 cm³/mol. The van der Waals surface area contributed by atoms with Gasteiger partial charge >= 0.3 is 5.97 Å². The highest BCUT2D eigenvalue weighted by atomic mass is 32.2. The lowest BCUT2D eigenvalue weighted by molar-refractivity contribution is -0.143. The molecule has 2 N–H and O–H groups in total. The Morgan fingerprint density at radius 3 is 3.05 bits per heavy atom. The summed E-state index contributed by atoms with van der Waals surface area (Å²) in [5.74, 6) is -0.112. The van der Waals surface area contributed by atoms with E-state index >= 15 is 0 Å². The first kappa shape index (κ1) is 16.2. The van der Waals surface area contributed by atoms with Gasteiger partial charge in [0, 0.05) is 13.0 Å². The SMILES string of the molecule is CCOC(=O)CCCNC(=O)CSc1ncnc2nc[nH]c12. The maximum Gasteiger partial charge on any atom is 0.305 e. The van der Waals surface area contributed by atoms with Crippen molar-refractivity contribution in [1.29, 1.82) is 0 Å². The Balaban J connectivity index is 1.70. The van der Waals surface area contributed by atoms with Crippen molar-refractivity contribution < 1.29 is 14.3 Å². The van der Waals surface area contributed by atoms with E-state index in [1.807, 2.05) is 0 Å². The lowest BCUT2D eigenvalue weighted by atomic mass is 10.3. The molecule has 9 heteroatoms. The summed E-state index contributed by atoms with van der Waals surface area (Å²) in [6.45, 7) is 2.59. The van der Waals surface area contributed by atoms with Gasteiger partial charge in [0.1, 0.15) is 16.9 Å². The van der Waals surface area contributed by atoms with E-state index in [-0.39, 0.29) is 17.6 Å². The minimum absolute atomic E-state index is 0.111. The summed E-state index contributed by atoms with van der Waals surface area (Å²) in [4.78, 5) is 38.0. The molecule has 2 aromatic rings. The van der Waals surface area contributed by atoms with Crippen LogP contribution in [0.1, 0.15) is 19.8 Å². The van der Waals surface area contributed by atoms with E-state index in [9.17, 15) is 9.59 Å². The molecular formula is C13H17N5O3S. The fourth-order valence-electron chi connectivity index (χ4n) is 1.73. The number of ether oxygens (including phenoxy) is 1. The Morgan fingerprint density at radius 2 is 2.23 bits per heavy atom. The molecule has 2 aromatic heterocycles. The van der Waals surface area contributed by atoms with Crippen LogP contribution in [0.2, 0.25) is 0 Å². The minimum atomic E-state index is -0.242. The zero-order valence-electron chi connectivity index (χ0n) is 12.2. The van der Waals surface area contributed by atoms with Crippen LogP contribution in [-0.4, -0.2) is 50.7 Å². The first-order valence-corrected chi connectivity index (χ1v) is 7.88. The molecule has 0 saturated heterocycles. The fraction of sp³-hybridized carbons (Fsp3) is 0.462. The number of carbonyl (C=O) groups excluding carboxylic acids is 2. The van der Waals surface area contributed by atoms with Crippen LogP contribution in [0.5, 0.6) is 0 Å². The van der Waals surface area contributed by atoms with Crippen LogP contribution in [0.3, 0.4) is 0 Å². The molecule has 1 amide bonds. The van der Waals surface area contributed by atoms with Crippen molar-refractivity contribution >= 4 is 34.8 Å². The van der Waals surface area contributed by atoms with E-state index < -0.39 is 0 Å². The largest absolute Gasteiger partial charge is 0.466 e. The first-order chi connectivity index (χ1) is 10.7. The molecule has 22 heavy (non-hydrogen) atoms. The van der Waals surface area contributed by atoms with Crippen molar-refractivity contribution in [3.05, 3.63) is 12.7 Å². The number of aromatic amines is 1. The average Bonchev–Trinajstić information content (AvgIpc) is 2.99. The zero-order chi connectivity index (χ0) is 15.8. The third-order valence-corrected chi connectivity index (χ3v) is 3.70. The summed E-state index contributed by atoms with van der Waals surface area (Å²) >= 11 is 1.31. The van der Waals surface area contributed by atoms with Gasteiger partial charge in [-0.2, -0.15) is 0 Å². The van der Waals surface area contributed by atoms with Crippen molar-refractivity contribution in [3.8, 4) is 0 Å². The van der Waals surface area contributed by atoms with Crippen molar-refractivity contribution in [2.24, 2.45) is 0 Å². The average molecular weight is 323 g/mol. The predicted octanol–water partition coefficient (Wildman–Crippen LogP) is 0.904. The number of esters is 1. The summed E-state index contributed by atoms with van der Waals surface area (Å²) in [6, 6.07) is 0. The number of fused-ring (bicyclic) bond motifs is 1. The summed E-state index contributed by atoms with van der Waals surface area (Å²) in [5, 5.41) is 3.44. The van der Waals surface area contributed by atoms with Gasteiger partial charge in [-0.25, -0.2) is 15.0 Å². The van der Waals surface area contributed by atoms with E-state index in [0.717, 1.165) is 5.52 Å². The second-order valence-corrected chi connectivity index (χ2v) is 5.29. The van der Waals surface area contributed by atoms with Gasteiger partial charge < -0.3 is 15.0 Å². The summed E-state index contributed by atoms with van der Waals surface area (Å²) < 4.78 is 4.81. The molecule has 0 saturated carbocycles. The van der Waals surface area contributed by atoms with Crippen LogP contribution in [0.25, 0.3) is 11.2 Å². The molecule has 0 unspecified atom stereocenters. The number of H-pyrrole nitrogens is 1. The molecule has 8 nitrogen and oxygen atoms in total. The van der Waals surface area contributed by atoms with Gasteiger partial charge in [0.25, 0.3) is 0 Å². The van der Waals surface area contributed by atoms with Gasteiger partial charge in [-0.05, 0) is 13.3 Å². The lowest BCUT2D eigenvalue weighted by Crippen LogP contribution is -2.26. The van der Waals surface area contributed by atoms with Crippen LogP contribution in [-0.2, 0) is 14.3 Å². The summed E-state index contributed by atoms with van der Waals surface area (Å²) in [5.41, 5.74) is 1.30. The Hall–Kier alpha value is -2.16. The number of nitrogens with one attached hydrogen (secondary N) is 2. The number of carbonyl (C=O) groups is 2. The van der Waals surface area contributed by atoms with E-state index in [1.54, 1.807) is 13.3 Å². The van der Waals surface area contributed by atoms with Gasteiger partial charge in [-0.15, -0.1) is 0 Å². The minimum Gasteiger partial charge on any atom is -0.466 e. The fourth-order valence-corrected chi connectivity index (χ4v) is 2.52. The van der Waals surface area contributed by atoms with Crippen LogP contribution in [0, 0.1) is 0 Å². The molecule has 118 valence electrons. The number of hydrogen-bond donors (Lipinski definition) is 2. The normalized spacial score (nSPS) is 10.6. The second-order valence-electron chi connectivity index (χ2n) is 4.33. The third kappa shape index (κ3) is 4.69. The first-order valence-electron chi connectivity index (χ1n) is 6.90. The molecule has 0 radical (unpaired) electrons. The van der Waals surface area contributed by atoms with Gasteiger partial charge in [0.05, 0.1) is 18.7 Å². The molecule has 0 aliphatic carbocycles. The monoisotopic (exact) mass is 323 g/mol. The highest BCUT2D eigenvalue weighted by Gasteiger charge is 2.09. The number of thioether (sulfide) groups is 1. The number of aromatic nitrogens is 4. The Labute approximate surface area is 131 Å². The number of nitrogens with zero attached hydrogens (tertiary/aromatic N) is 3. The van der Waals surface area contributed by atoms with Crippen LogP contribution < -0.4 is 5.32 Å². The number of imidazole rings is 1. The summed E-state index contributed by atoms with van der Waals surface area (Å²) in [6.07, 6.45) is 3.83. The Kier molecular flexibility index (Phi) is 6.13. The Bertz CT molecular complexity index is 645. The van der Waals surface area contributed by atoms with Crippen LogP contribution >= 0.6 is 11.8 Å². The van der Waals surface area contributed by atoms with Gasteiger partial charge in [0.2, 0.25) is 5.91 Å². The molecule has 0 aromatic carbocycles. The van der Waals surface area contributed by atoms with Crippen molar-refractivity contribution in [2.75, 3.05) is 18.9 Å². The zero-order valence-corrected chi connectivity index (χ0v) is 13.0. The molecule has 0 atom stereocenters. The van der Waals surface area contributed by atoms with Gasteiger partial charge in [0.15, 0.2) is 5.65 Å². The number of amides is 1. The van der Waals surface area contributed by atoms with Crippen molar-refractivity contribution in [3.63, 3.8) is 0 Å². The van der Waals surface area contributed by atoms with E-state index in [1.165, 1.54) is 18.1 Å². The molecule has 0 bridgehead atoms. The van der Waals surface area contributed by atoms with E-state index in [2.05, 4.69) is 25.3 Å². The standard InChI is InChI=1S/C13H17N5O3S/c1-2-21-10(20)4-3-5-14-9(19)6-22-13-11-12(16-7-15-11)17-8-18-13/h7-8H,2-6H2,1H3,(H,14,19)(H,15,16,17,18). The quantitative estimate of drug-likeness (QED) is 0.321. The Morgan fingerprint density at radius 1 is 1.36 bits per heavy atom. The van der Waals surface area contributed by atoms with E-state index in [0.29, 0.717) is 36.7 Å². The van der Waals surface area contributed by atoms with Crippen LogP contribution in [0.15, 0.2) is 17.7 Å².